The summed E-state index contributed by atoms with van der Waals surface area (Å²) in [6.07, 6.45) is 6.33. The van der Waals surface area contributed by atoms with Crippen molar-refractivity contribution in [1.29, 1.82) is 0 Å². The van der Waals surface area contributed by atoms with Crippen LogP contribution in [0.1, 0.15) is 36.8 Å². The summed E-state index contributed by atoms with van der Waals surface area (Å²) in [5.74, 6) is 3.01. The number of hydrogen-bond acceptors (Lipinski definition) is 5. The Morgan fingerprint density at radius 2 is 1.92 bits per heavy atom. The van der Waals surface area contributed by atoms with Crippen LogP contribution in [0.5, 0.6) is 5.75 Å². The van der Waals surface area contributed by atoms with E-state index in [0.29, 0.717) is 29.6 Å². The van der Waals surface area contributed by atoms with E-state index in [0.717, 1.165) is 59.1 Å². The number of nitrogens with zero attached hydrogens (tertiary/aromatic N) is 4. The van der Waals surface area contributed by atoms with Gasteiger partial charge in [-0.25, -0.2) is 4.98 Å². The summed E-state index contributed by atoms with van der Waals surface area (Å²) < 4.78 is 8.28. The van der Waals surface area contributed by atoms with Crippen molar-refractivity contribution in [2.45, 2.75) is 39.2 Å². The standard InChI is InChI=1S/C28H29Cl2N5O/c1-3-4-15-36-23-12-5-18(2)16-22(23)27-32-26-24(35(27)17-20-8-10-21(29)11-9-20)25(33-28(30)34-26)31-14-13-19-6-7-19/h3,5,8-12,16,19H,1,4,6-7,13-15,17H2,2H3,(H,31,33,34). The summed E-state index contributed by atoms with van der Waals surface area (Å²) in [6.45, 7) is 7.79. The average Bonchev–Trinajstić information content (AvgIpc) is 3.61. The highest BCUT2D eigenvalue weighted by molar-refractivity contribution is 6.30. The molecule has 2 heterocycles. The number of hydrogen-bond donors (Lipinski definition) is 1. The maximum atomic E-state index is 6.34. The number of fused-ring (bicyclic) bond motifs is 1. The van der Waals surface area contributed by atoms with Gasteiger partial charge in [-0.05, 0) is 67.1 Å². The molecule has 6 nitrogen and oxygen atoms in total. The molecule has 186 valence electrons. The molecule has 5 rings (SSSR count). The molecule has 0 aliphatic heterocycles. The van der Waals surface area contributed by atoms with Crippen LogP contribution in [0.25, 0.3) is 22.6 Å². The van der Waals surface area contributed by atoms with E-state index in [1.165, 1.54) is 12.8 Å². The molecule has 0 spiro atoms. The monoisotopic (exact) mass is 521 g/mol. The third kappa shape index (κ3) is 5.66. The minimum absolute atomic E-state index is 0.172. The van der Waals surface area contributed by atoms with Crippen molar-refractivity contribution in [3.05, 3.63) is 76.6 Å². The number of rotatable bonds is 11. The lowest BCUT2D eigenvalue weighted by atomic mass is 10.1. The second-order valence-corrected chi connectivity index (χ2v) is 10.0. The number of nitrogens with one attached hydrogen (secondary N) is 1. The normalized spacial score (nSPS) is 13.2. The molecule has 1 aliphatic carbocycles. The molecule has 4 aromatic rings. The van der Waals surface area contributed by atoms with Crippen LogP contribution in [-0.4, -0.2) is 32.7 Å². The van der Waals surface area contributed by atoms with E-state index >= 15 is 0 Å². The van der Waals surface area contributed by atoms with Crippen LogP contribution in [0.4, 0.5) is 5.82 Å². The van der Waals surface area contributed by atoms with Crippen LogP contribution in [-0.2, 0) is 6.54 Å². The van der Waals surface area contributed by atoms with E-state index in [1.54, 1.807) is 0 Å². The predicted octanol–water partition coefficient (Wildman–Crippen LogP) is 7.32. The van der Waals surface area contributed by atoms with Crippen molar-refractivity contribution in [2.24, 2.45) is 5.92 Å². The van der Waals surface area contributed by atoms with E-state index in [2.05, 4.69) is 39.4 Å². The molecule has 36 heavy (non-hydrogen) atoms. The number of benzene rings is 2. The fourth-order valence-electron chi connectivity index (χ4n) is 4.26. The molecule has 0 saturated heterocycles. The second kappa shape index (κ2) is 10.9. The molecule has 1 aliphatic rings. The molecule has 0 bridgehead atoms. The molecular weight excluding hydrogens is 493 g/mol. The topological polar surface area (TPSA) is 64.9 Å². The summed E-state index contributed by atoms with van der Waals surface area (Å²) >= 11 is 12.5. The van der Waals surface area contributed by atoms with Crippen molar-refractivity contribution in [1.82, 2.24) is 19.5 Å². The van der Waals surface area contributed by atoms with Gasteiger partial charge in [-0.15, -0.1) is 6.58 Å². The summed E-state index contributed by atoms with van der Waals surface area (Å²) in [4.78, 5) is 14.0. The number of imidazole rings is 1. The first-order chi connectivity index (χ1) is 17.5. The first kappa shape index (κ1) is 24.6. The van der Waals surface area contributed by atoms with Crippen LogP contribution in [0.3, 0.4) is 0 Å². The number of aromatic nitrogens is 4. The minimum atomic E-state index is 0.172. The van der Waals surface area contributed by atoms with E-state index in [4.69, 9.17) is 32.9 Å². The highest BCUT2D eigenvalue weighted by atomic mass is 35.5. The molecule has 0 atom stereocenters. The quantitative estimate of drug-likeness (QED) is 0.127. The Labute approximate surface area is 221 Å². The highest BCUT2D eigenvalue weighted by Crippen LogP contribution is 2.36. The Morgan fingerprint density at radius 1 is 1.11 bits per heavy atom. The van der Waals surface area contributed by atoms with Crippen molar-refractivity contribution in [3.63, 3.8) is 0 Å². The molecule has 1 N–H and O–H groups in total. The van der Waals surface area contributed by atoms with Gasteiger partial charge in [0.05, 0.1) is 12.2 Å². The van der Waals surface area contributed by atoms with Crippen LogP contribution < -0.4 is 10.1 Å². The van der Waals surface area contributed by atoms with Gasteiger partial charge in [0.1, 0.15) is 17.1 Å². The average molecular weight is 522 g/mol. The van der Waals surface area contributed by atoms with Gasteiger partial charge in [0.15, 0.2) is 11.5 Å². The summed E-state index contributed by atoms with van der Waals surface area (Å²) in [5.41, 5.74) is 4.45. The molecule has 0 radical (unpaired) electrons. The van der Waals surface area contributed by atoms with Crippen molar-refractivity contribution >= 4 is 40.2 Å². The van der Waals surface area contributed by atoms with E-state index < -0.39 is 0 Å². The van der Waals surface area contributed by atoms with Crippen molar-refractivity contribution < 1.29 is 4.74 Å². The zero-order chi connectivity index (χ0) is 25.1. The zero-order valence-electron chi connectivity index (χ0n) is 20.3. The Balaban J connectivity index is 1.65. The largest absolute Gasteiger partial charge is 0.493 e. The van der Waals surface area contributed by atoms with Crippen LogP contribution in [0, 0.1) is 12.8 Å². The summed E-state index contributed by atoms with van der Waals surface area (Å²) in [6, 6.07) is 14.0. The molecule has 8 heteroatoms. The van der Waals surface area contributed by atoms with Gasteiger partial charge in [-0.3, -0.25) is 0 Å². The van der Waals surface area contributed by atoms with Gasteiger partial charge in [0.2, 0.25) is 5.28 Å². The summed E-state index contributed by atoms with van der Waals surface area (Å²) in [5, 5.41) is 4.38. The molecule has 0 unspecified atom stereocenters. The number of anilines is 1. The van der Waals surface area contributed by atoms with Gasteiger partial charge in [0.25, 0.3) is 0 Å². The lowest BCUT2D eigenvalue weighted by Crippen LogP contribution is -2.09. The van der Waals surface area contributed by atoms with Crippen LogP contribution in [0.15, 0.2) is 55.1 Å². The molecule has 1 saturated carbocycles. The van der Waals surface area contributed by atoms with Gasteiger partial charge in [-0.2, -0.15) is 9.97 Å². The SMILES string of the molecule is C=CCCOc1ccc(C)cc1-c1nc2nc(Cl)nc(NCCC3CC3)c2n1Cc1ccc(Cl)cc1. The highest BCUT2D eigenvalue weighted by Gasteiger charge is 2.23. The Hall–Kier alpha value is -3.09. The molecular formula is C28H29Cl2N5O. The summed E-state index contributed by atoms with van der Waals surface area (Å²) in [7, 11) is 0. The number of ether oxygens (including phenoxy) is 1. The molecule has 0 amide bonds. The van der Waals surface area contributed by atoms with Crippen molar-refractivity contribution in [3.8, 4) is 17.1 Å². The maximum absolute atomic E-state index is 6.34. The number of aryl methyl sites for hydroxylation is 1. The fourth-order valence-corrected chi connectivity index (χ4v) is 4.55. The van der Waals surface area contributed by atoms with Gasteiger partial charge in [-0.1, -0.05) is 54.3 Å². The zero-order valence-corrected chi connectivity index (χ0v) is 21.8. The predicted molar refractivity (Wildman–Crippen MR) is 147 cm³/mol. The lowest BCUT2D eigenvalue weighted by molar-refractivity contribution is 0.326. The smallest absolute Gasteiger partial charge is 0.226 e. The first-order valence-electron chi connectivity index (χ1n) is 12.3. The van der Waals surface area contributed by atoms with E-state index in [9.17, 15) is 0 Å². The van der Waals surface area contributed by atoms with Gasteiger partial charge >= 0.3 is 0 Å². The van der Waals surface area contributed by atoms with Crippen LogP contribution in [0.2, 0.25) is 10.3 Å². The Morgan fingerprint density at radius 3 is 2.67 bits per heavy atom. The maximum Gasteiger partial charge on any atom is 0.226 e. The van der Waals surface area contributed by atoms with Gasteiger partial charge < -0.3 is 14.6 Å². The number of halogens is 2. The molecule has 2 aromatic heterocycles. The second-order valence-electron chi connectivity index (χ2n) is 9.25. The van der Waals surface area contributed by atoms with E-state index in [1.807, 2.05) is 42.5 Å². The third-order valence-corrected chi connectivity index (χ3v) is 6.75. The Kier molecular flexibility index (Phi) is 7.44. The van der Waals surface area contributed by atoms with Gasteiger partial charge in [0, 0.05) is 18.1 Å². The van der Waals surface area contributed by atoms with E-state index in [-0.39, 0.29) is 5.28 Å². The van der Waals surface area contributed by atoms with Crippen molar-refractivity contribution in [2.75, 3.05) is 18.5 Å². The molecule has 1 fully saturated rings. The molecule has 2 aromatic carbocycles. The third-order valence-electron chi connectivity index (χ3n) is 6.33. The first-order valence-corrected chi connectivity index (χ1v) is 13.0. The lowest BCUT2D eigenvalue weighted by Gasteiger charge is -2.15. The van der Waals surface area contributed by atoms with Crippen LogP contribution >= 0.6 is 23.2 Å². The Bertz CT molecular complexity index is 1380. The minimum Gasteiger partial charge on any atom is -0.493 e. The fraction of sp³-hybridized carbons (Fsp3) is 0.321.